The minimum Gasteiger partial charge on any atom is -0.493 e. The normalized spacial score (nSPS) is 10.1. The average molecular weight is 331 g/mol. The molecule has 0 aliphatic rings. The Bertz CT molecular complexity index is 784. The Labute approximate surface area is 138 Å². The maximum absolute atomic E-state index is 14.0. The largest absolute Gasteiger partial charge is 0.493 e. The van der Waals surface area contributed by atoms with Crippen LogP contribution in [-0.2, 0) is 0 Å². The van der Waals surface area contributed by atoms with E-state index in [1.165, 1.54) is 24.3 Å². The van der Waals surface area contributed by atoms with Gasteiger partial charge < -0.3 is 9.47 Å². The Balaban J connectivity index is 2.09. The molecule has 0 fully saturated rings. The number of unbranched alkanes of at least 4 members (excludes halogenated alkanes) is 1. The summed E-state index contributed by atoms with van der Waals surface area (Å²) in [5.41, 5.74) is -0.461. The van der Waals surface area contributed by atoms with Gasteiger partial charge in [0, 0.05) is 12.1 Å². The molecule has 0 spiro atoms. The highest BCUT2D eigenvalue weighted by Crippen LogP contribution is 2.21. The molecule has 2 rings (SSSR count). The highest BCUT2D eigenvalue weighted by molar-refractivity contribution is 5.91. The van der Waals surface area contributed by atoms with Crippen LogP contribution in [0.3, 0.4) is 0 Å². The molecule has 0 radical (unpaired) electrons. The molecule has 0 amide bonds. The van der Waals surface area contributed by atoms with Gasteiger partial charge in [-0.3, -0.25) is 0 Å². The number of nitriles is 1. The lowest BCUT2D eigenvalue weighted by atomic mass is 10.2. The van der Waals surface area contributed by atoms with Gasteiger partial charge in [-0.2, -0.15) is 5.26 Å². The number of esters is 1. The Morgan fingerprint density at radius 1 is 1.12 bits per heavy atom. The summed E-state index contributed by atoms with van der Waals surface area (Å²) >= 11 is 0. The SMILES string of the molecule is CCCCOc1ccc(C(=O)Oc2ccc(C#N)c(F)c2)c(F)c1. The first kappa shape index (κ1) is 17.4. The zero-order valence-corrected chi connectivity index (χ0v) is 13.0. The predicted molar refractivity (Wildman–Crippen MR) is 82.9 cm³/mol. The predicted octanol–water partition coefficient (Wildman–Crippen LogP) is 4.23. The molecule has 2 aromatic carbocycles. The average Bonchev–Trinajstić information content (AvgIpc) is 2.55. The summed E-state index contributed by atoms with van der Waals surface area (Å²) in [4.78, 5) is 12.0. The van der Waals surface area contributed by atoms with Gasteiger partial charge in [0.1, 0.15) is 29.2 Å². The van der Waals surface area contributed by atoms with Gasteiger partial charge in [0.15, 0.2) is 0 Å². The summed E-state index contributed by atoms with van der Waals surface area (Å²) < 4.78 is 37.8. The van der Waals surface area contributed by atoms with Crippen molar-refractivity contribution < 1.29 is 23.0 Å². The lowest BCUT2D eigenvalue weighted by Gasteiger charge is -2.08. The molecule has 124 valence electrons. The molecule has 0 aromatic heterocycles. The second-order valence-corrected chi connectivity index (χ2v) is 4.99. The van der Waals surface area contributed by atoms with Crippen LogP contribution in [0.1, 0.15) is 35.7 Å². The van der Waals surface area contributed by atoms with Crippen molar-refractivity contribution in [1.29, 1.82) is 5.26 Å². The van der Waals surface area contributed by atoms with E-state index in [-0.39, 0.29) is 16.9 Å². The van der Waals surface area contributed by atoms with Crippen LogP contribution >= 0.6 is 0 Å². The monoisotopic (exact) mass is 331 g/mol. The quantitative estimate of drug-likeness (QED) is 0.451. The van der Waals surface area contributed by atoms with Crippen molar-refractivity contribution in [2.24, 2.45) is 0 Å². The number of rotatable bonds is 6. The van der Waals surface area contributed by atoms with Crippen molar-refractivity contribution in [3.05, 3.63) is 59.2 Å². The first-order chi connectivity index (χ1) is 11.5. The smallest absolute Gasteiger partial charge is 0.346 e. The lowest BCUT2D eigenvalue weighted by Crippen LogP contribution is -2.11. The van der Waals surface area contributed by atoms with Crippen LogP contribution in [-0.4, -0.2) is 12.6 Å². The third-order valence-electron chi connectivity index (χ3n) is 3.20. The van der Waals surface area contributed by atoms with Gasteiger partial charge in [0.05, 0.1) is 17.7 Å². The van der Waals surface area contributed by atoms with E-state index in [0.29, 0.717) is 12.4 Å². The summed E-state index contributed by atoms with van der Waals surface area (Å²) in [7, 11) is 0. The number of benzene rings is 2. The molecule has 0 bridgehead atoms. The van der Waals surface area contributed by atoms with E-state index in [9.17, 15) is 13.6 Å². The number of nitrogens with zero attached hydrogens (tertiary/aromatic N) is 1. The highest BCUT2D eigenvalue weighted by atomic mass is 19.1. The van der Waals surface area contributed by atoms with E-state index in [4.69, 9.17) is 14.7 Å². The molecule has 4 nitrogen and oxygen atoms in total. The summed E-state index contributed by atoms with van der Waals surface area (Å²) in [6, 6.07) is 8.82. The van der Waals surface area contributed by atoms with Gasteiger partial charge in [-0.1, -0.05) is 13.3 Å². The molecular formula is C18H15F2NO3. The maximum atomic E-state index is 14.0. The number of hydrogen-bond acceptors (Lipinski definition) is 4. The van der Waals surface area contributed by atoms with Crippen LogP contribution in [0.25, 0.3) is 0 Å². The molecule has 0 saturated carbocycles. The Morgan fingerprint density at radius 3 is 2.46 bits per heavy atom. The van der Waals surface area contributed by atoms with Crippen molar-refractivity contribution in [3.8, 4) is 17.6 Å². The lowest BCUT2D eigenvalue weighted by molar-refractivity contribution is 0.0729. The second-order valence-electron chi connectivity index (χ2n) is 4.99. The van der Waals surface area contributed by atoms with E-state index in [0.717, 1.165) is 25.0 Å². The Kier molecular flexibility index (Phi) is 5.85. The molecule has 0 aliphatic carbocycles. The Morgan fingerprint density at radius 2 is 1.83 bits per heavy atom. The van der Waals surface area contributed by atoms with Gasteiger partial charge in [0.2, 0.25) is 0 Å². The van der Waals surface area contributed by atoms with E-state index >= 15 is 0 Å². The highest BCUT2D eigenvalue weighted by Gasteiger charge is 2.16. The zero-order chi connectivity index (χ0) is 17.5. The van der Waals surface area contributed by atoms with E-state index in [1.807, 2.05) is 6.92 Å². The van der Waals surface area contributed by atoms with Crippen molar-refractivity contribution in [2.45, 2.75) is 19.8 Å². The topological polar surface area (TPSA) is 59.3 Å². The third-order valence-corrected chi connectivity index (χ3v) is 3.20. The minimum atomic E-state index is -0.961. The van der Waals surface area contributed by atoms with Gasteiger partial charge in [-0.15, -0.1) is 0 Å². The molecule has 0 saturated heterocycles. The van der Waals surface area contributed by atoms with Crippen molar-refractivity contribution >= 4 is 5.97 Å². The number of carbonyl (C=O) groups excluding carboxylic acids is 1. The second kappa shape index (κ2) is 8.06. The molecule has 0 unspecified atom stereocenters. The van der Waals surface area contributed by atoms with Crippen molar-refractivity contribution in [2.75, 3.05) is 6.61 Å². The Hall–Kier alpha value is -2.94. The van der Waals surface area contributed by atoms with Gasteiger partial charge in [0.25, 0.3) is 0 Å². The molecule has 24 heavy (non-hydrogen) atoms. The molecule has 0 heterocycles. The van der Waals surface area contributed by atoms with Gasteiger partial charge >= 0.3 is 5.97 Å². The van der Waals surface area contributed by atoms with Crippen LogP contribution in [0.2, 0.25) is 0 Å². The van der Waals surface area contributed by atoms with Crippen LogP contribution in [0.5, 0.6) is 11.5 Å². The maximum Gasteiger partial charge on any atom is 0.346 e. The summed E-state index contributed by atoms with van der Waals surface area (Å²) in [6.07, 6.45) is 1.80. The van der Waals surface area contributed by atoms with Crippen LogP contribution in [0.4, 0.5) is 8.78 Å². The fourth-order valence-corrected chi connectivity index (χ4v) is 1.90. The van der Waals surface area contributed by atoms with Crippen LogP contribution in [0, 0.1) is 23.0 Å². The minimum absolute atomic E-state index is 0.112. The van der Waals surface area contributed by atoms with E-state index in [2.05, 4.69) is 0 Å². The van der Waals surface area contributed by atoms with Crippen LogP contribution < -0.4 is 9.47 Å². The van der Waals surface area contributed by atoms with Crippen molar-refractivity contribution in [1.82, 2.24) is 0 Å². The van der Waals surface area contributed by atoms with Gasteiger partial charge in [-0.05, 0) is 30.7 Å². The number of hydrogen-bond donors (Lipinski definition) is 0. The summed E-state index contributed by atoms with van der Waals surface area (Å²) in [5.74, 6) is -2.36. The molecule has 0 aliphatic heterocycles. The molecule has 0 atom stereocenters. The number of carbonyl (C=O) groups is 1. The first-order valence-electron chi connectivity index (χ1n) is 7.39. The molecular weight excluding hydrogens is 316 g/mol. The first-order valence-corrected chi connectivity index (χ1v) is 7.39. The van der Waals surface area contributed by atoms with Crippen LogP contribution in [0.15, 0.2) is 36.4 Å². The zero-order valence-electron chi connectivity index (χ0n) is 13.0. The fraction of sp³-hybridized carbons (Fsp3) is 0.222. The van der Waals surface area contributed by atoms with E-state index in [1.54, 1.807) is 6.07 Å². The van der Waals surface area contributed by atoms with Gasteiger partial charge in [-0.25, -0.2) is 13.6 Å². The fourth-order valence-electron chi connectivity index (χ4n) is 1.90. The standard InChI is InChI=1S/C18H15F2NO3/c1-2-3-8-23-13-6-7-15(17(20)9-13)18(22)24-14-5-4-12(11-21)16(19)10-14/h4-7,9-10H,2-3,8H2,1H3. The van der Waals surface area contributed by atoms with Crippen molar-refractivity contribution in [3.63, 3.8) is 0 Å². The molecule has 2 aromatic rings. The summed E-state index contributed by atoms with van der Waals surface area (Å²) in [6.45, 7) is 2.47. The third kappa shape index (κ3) is 4.29. The number of ether oxygens (including phenoxy) is 2. The molecule has 0 N–H and O–H groups in total. The molecule has 6 heteroatoms. The number of halogens is 2. The van der Waals surface area contributed by atoms with E-state index < -0.39 is 17.6 Å². The summed E-state index contributed by atoms with van der Waals surface area (Å²) in [5, 5.41) is 8.65.